The summed E-state index contributed by atoms with van der Waals surface area (Å²) in [6.45, 7) is 3.60. The van der Waals surface area contributed by atoms with Crippen LogP contribution in [0.5, 0.6) is 0 Å². The van der Waals surface area contributed by atoms with Crippen LogP contribution in [0.2, 0.25) is 0 Å². The van der Waals surface area contributed by atoms with Gasteiger partial charge >= 0.3 is 0 Å². The van der Waals surface area contributed by atoms with E-state index in [1.807, 2.05) is 23.9 Å². The minimum atomic E-state index is -0.607. The molecule has 102 valence electrons. The van der Waals surface area contributed by atoms with Crippen LogP contribution in [0.15, 0.2) is 29.2 Å². The van der Waals surface area contributed by atoms with Crippen molar-refractivity contribution in [3.05, 3.63) is 29.8 Å². The number of thioether (sulfide) groups is 1. The fourth-order valence-electron chi connectivity index (χ4n) is 3.16. The Hall–Kier alpha value is -1.04. The average Bonchev–Trinajstić information content (AvgIpc) is 2.47. The molecule has 3 rings (SSSR count). The van der Waals surface area contributed by atoms with E-state index in [9.17, 15) is 4.79 Å². The Morgan fingerprint density at radius 3 is 2.79 bits per heavy atom. The van der Waals surface area contributed by atoms with Crippen molar-refractivity contribution in [2.75, 3.05) is 31.9 Å². The maximum absolute atomic E-state index is 12.3. The normalized spacial score (nSPS) is 27.8. The SMILES string of the molecule is NC(=O)C1(N2CCNCC2)CCSc2ccccc21. The van der Waals surface area contributed by atoms with Gasteiger partial charge in [-0.05, 0) is 18.1 Å². The summed E-state index contributed by atoms with van der Waals surface area (Å²) in [5.74, 6) is 0.742. The molecule has 1 aromatic carbocycles. The summed E-state index contributed by atoms with van der Waals surface area (Å²) < 4.78 is 0. The predicted molar refractivity (Wildman–Crippen MR) is 77.1 cm³/mol. The third-order valence-electron chi connectivity index (χ3n) is 4.12. The van der Waals surface area contributed by atoms with Crippen molar-refractivity contribution in [3.63, 3.8) is 0 Å². The topological polar surface area (TPSA) is 58.4 Å². The highest BCUT2D eigenvalue weighted by Gasteiger charge is 2.47. The lowest BCUT2D eigenvalue weighted by Gasteiger charge is -2.46. The van der Waals surface area contributed by atoms with Gasteiger partial charge in [-0.3, -0.25) is 9.69 Å². The molecule has 5 heteroatoms. The zero-order valence-corrected chi connectivity index (χ0v) is 11.7. The van der Waals surface area contributed by atoms with Crippen LogP contribution in [0.1, 0.15) is 12.0 Å². The second-order valence-electron chi connectivity index (χ2n) is 5.06. The molecule has 1 fully saturated rings. The second-order valence-corrected chi connectivity index (χ2v) is 6.19. The molecule has 4 nitrogen and oxygen atoms in total. The summed E-state index contributed by atoms with van der Waals surface area (Å²) in [5, 5.41) is 3.33. The van der Waals surface area contributed by atoms with Gasteiger partial charge in [0.15, 0.2) is 0 Å². The number of primary amides is 1. The third-order valence-corrected chi connectivity index (χ3v) is 5.19. The van der Waals surface area contributed by atoms with Gasteiger partial charge in [0.2, 0.25) is 5.91 Å². The molecule has 0 radical (unpaired) electrons. The molecule has 0 spiro atoms. The number of carbonyl (C=O) groups excluding carboxylic acids is 1. The number of nitrogens with two attached hydrogens (primary N) is 1. The highest BCUT2D eigenvalue weighted by Crippen LogP contribution is 2.43. The molecular weight excluding hydrogens is 258 g/mol. The van der Waals surface area contributed by atoms with Crippen molar-refractivity contribution in [3.8, 4) is 0 Å². The zero-order valence-electron chi connectivity index (χ0n) is 10.9. The van der Waals surface area contributed by atoms with Crippen molar-refractivity contribution >= 4 is 17.7 Å². The number of amides is 1. The van der Waals surface area contributed by atoms with Crippen LogP contribution in [0.4, 0.5) is 0 Å². The first-order valence-corrected chi connectivity index (χ1v) is 7.72. The van der Waals surface area contributed by atoms with E-state index >= 15 is 0 Å². The molecule has 1 unspecified atom stereocenters. The molecule has 0 bridgehead atoms. The lowest BCUT2D eigenvalue weighted by atomic mass is 9.83. The number of nitrogens with zero attached hydrogens (tertiary/aromatic N) is 1. The Kier molecular flexibility index (Phi) is 3.52. The smallest absolute Gasteiger partial charge is 0.242 e. The molecule has 1 amide bonds. The van der Waals surface area contributed by atoms with Crippen LogP contribution in [-0.2, 0) is 10.3 Å². The van der Waals surface area contributed by atoms with E-state index in [1.165, 1.54) is 4.90 Å². The minimum absolute atomic E-state index is 0.206. The van der Waals surface area contributed by atoms with E-state index < -0.39 is 5.54 Å². The van der Waals surface area contributed by atoms with Crippen molar-refractivity contribution in [1.29, 1.82) is 0 Å². The molecule has 0 saturated carbocycles. The maximum atomic E-state index is 12.3. The molecule has 2 aliphatic rings. The van der Waals surface area contributed by atoms with Gasteiger partial charge < -0.3 is 11.1 Å². The quantitative estimate of drug-likeness (QED) is 0.838. The van der Waals surface area contributed by atoms with Crippen molar-refractivity contribution in [1.82, 2.24) is 10.2 Å². The molecule has 1 saturated heterocycles. The lowest BCUT2D eigenvalue weighted by Crippen LogP contribution is -2.61. The Balaban J connectivity index is 2.08. The van der Waals surface area contributed by atoms with Crippen LogP contribution >= 0.6 is 11.8 Å². The molecule has 2 aliphatic heterocycles. The number of hydrogen-bond acceptors (Lipinski definition) is 4. The van der Waals surface area contributed by atoms with E-state index in [-0.39, 0.29) is 5.91 Å². The van der Waals surface area contributed by atoms with Crippen molar-refractivity contribution < 1.29 is 4.79 Å². The van der Waals surface area contributed by atoms with Crippen LogP contribution in [-0.4, -0.2) is 42.7 Å². The van der Waals surface area contributed by atoms with Gasteiger partial charge in [-0.2, -0.15) is 0 Å². The van der Waals surface area contributed by atoms with Gasteiger partial charge in [-0.15, -0.1) is 11.8 Å². The number of rotatable bonds is 2. The monoisotopic (exact) mass is 277 g/mol. The third kappa shape index (κ3) is 2.06. The predicted octanol–water partition coefficient (Wildman–Crippen LogP) is 0.768. The molecule has 2 heterocycles. The highest BCUT2D eigenvalue weighted by molar-refractivity contribution is 7.99. The first-order chi connectivity index (χ1) is 9.25. The molecular formula is C14H19N3OS. The Labute approximate surface area is 117 Å². The largest absolute Gasteiger partial charge is 0.368 e. The number of piperazine rings is 1. The van der Waals surface area contributed by atoms with Gasteiger partial charge in [-0.25, -0.2) is 0 Å². The average molecular weight is 277 g/mol. The fourth-order valence-corrected chi connectivity index (χ4v) is 4.35. The number of fused-ring (bicyclic) bond motifs is 1. The number of hydrogen-bond donors (Lipinski definition) is 2. The van der Waals surface area contributed by atoms with E-state index in [0.29, 0.717) is 0 Å². The summed E-state index contributed by atoms with van der Waals surface area (Å²) >= 11 is 1.82. The summed E-state index contributed by atoms with van der Waals surface area (Å²) in [6.07, 6.45) is 0.810. The Bertz CT molecular complexity index is 487. The minimum Gasteiger partial charge on any atom is -0.368 e. The number of carbonyl (C=O) groups is 1. The molecule has 3 N–H and O–H groups in total. The zero-order chi connectivity index (χ0) is 13.3. The Morgan fingerprint density at radius 2 is 2.05 bits per heavy atom. The lowest BCUT2D eigenvalue weighted by molar-refractivity contribution is -0.132. The molecule has 19 heavy (non-hydrogen) atoms. The second kappa shape index (κ2) is 5.15. The van der Waals surface area contributed by atoms with E-state index in [2.05, 4.69) is 22.3 Å². The highest BCUT2D eigenvalue weighted by atomic mass is 32.2. The standard InChI is InChI=1S/C14H19N3OS/c15-13(18)14(17-8-6-16-7-9-17)5-10-19-12-4-2-1-3-11(12)14/h1-4,16H,5-10H2,(H2,15,18). The number of nitrogens with one attached hydrogen (secondary N) is 1. The molecule has 1 aromatic rings. The van der Waals surface area contributed by atoms with Crippen molar-refractivity contribution in [2.24, 2.45) is 5.73 Å². The van der Waals surface area contributed by atoms with Gasteiger partial charge in [0.05, 0.1) is 0 Å². The first kappa shape index (κ1) is 13.0. The summed E-state index contributed by atoms with van der Waals surface area (Å²) in [5.41, 5.74) is 6.33. The van der Waals surface area contributed by atoms with Crippen LogP contribution in [0, 0.1) is 0 Å². The van der Waals surface area contributed by atoms with E-state index in [4.69, 9.17) is 5.73 Å². The van der Waals surface area contributed by atoms with Gasteiger partial charge in [-0.1, -0.05) is 18.2 Å². The van der Waals surface area contributed by atoms with Crippen LogP contribution in [0.25, 0.3) is 0 Å². The first-order valence-electron chi connectivity index (χ1n) is 6.73. The Morgan fingerprint density at radius 1 is 1.32 bits per heavy atom. The molecule has 0 aliphatic carbocycles. The van der Waals surface area contributed by atoms with Crippen LogP contribution < -0.4 is 11.1 Å². The van der Waals surface area contributed by atoms with Gasteiger partial charge in [0, 0.05) is 36.8 Å². The summed E-state index contributed by atoms with van der Waals surface area (Å²) in [7, 11) is 0. The maximum Gasteiger partial charge on any atom is 0.242 e. The van der Waals surface area contributed by atoms with Crippen LogP contribution in [0.3, 0.4) is 0 Å². The summed E-state index contributed by atoms with van der Waals surface area (Å²) in [4.78, 5) is 15.8. The fraction of sp³-hybridized carbons (Fsp3) is 0.500. The molecule has 0 aromatic heterocycles. The van der Waals surface area contributed by atoms with Gasteiger partial charge in [0.1, 0.15) is 5.54 Å². The van der Waals surface area contributed by atoms with E-state index in [1.54, 1.807) is 0 Å². The van der Waals surface area contributed by atoms with E-state index in [0.717, 1.165) is 43.9 Å². The van der Waals surface area contributed by atoms with Gasteiger partial charge in [0.25, 0.3) is 0 Å². The van der Waals surface area contributed by atoms with Crippen molar-refractivity contribution in [2.45, 2.75) is 16.9 Å². The molecule has 1 atom stereocenters. The summed E-state index contributed by atoms with van der Waals surface area (Å²) in [6, 6.07) is 8.19. The number of benzene rings is 1.